The van der Waals surface area contributed by atoms with Gasteiger partial charge in [0.1, 0.15) is 31.6 Å². The van der Waals surface area contributed by atoms with Crippen LogP contribution in [0.3, 0.4) is 0 Å². The highest BCUT2D eigenvalue weighted by Crippen LogP contribution is 2.35. The Bertz CT molecular complexity index is 1290. The second-order valence-electron chi connectivity index (χ2n) is 7.52. The largest absolute Gasteiger partial charge is 0.508 e. The fraction of sp³-hybridized carbons (Fsp3) is 0.208. The zero-order valence-electron chi connectivity index (χ0n) is 17.1. The molecule has 0 aliphatic rings. The average molecular weight is 464 g/mol. The quantitative estimate of drug-likeness (QED) is 0.316. The highest BCUT2D eigenvalue weighted by molar-refractivity contribution is 5.82. The smallest absolute Gasteiger partial charge is 0.416 e. The van der Waals surface area contributed by atoms with Crippen LogP contribution in [0.2, 0.25) is 0 Å². The van der Waals surface area contributed by atoms with Crippen LogP contribution in [0.1, 0.15) is 27.8 Å². The molecule has 0 saturated carbocycles. The van der Waals surface area contributed by atoms with Crippen LogP contribution in [0.5, 0.6) is 5.75 Å². The number of phenols is 1. The molecule has 4 rings (SSSR count). The number of hydrogen-bond acceptors (Lipinski definition) is 2. The number of aromatic nitrogens is 2. The van der Waals surface area contributed by atoms with Gasteiger partial charge in [-0.2, -0.15) is 13.2 Å². The minimum atomic E-state index is -4.60. The van der Waals surface area contributed by atoms with E-state index in [-0.39, 0.29) is 45.9 Å². The van der Waals surface area contributed by atoms with Crippen molar-refractivity contribution < 1.29 is 31.4 Å². The van der Waals surface area contributed by atoms with Gasteiger partial charge in [0.15, 0.2) is 0 Å². The fourth-order valence-corrected chi connectivity index (χ4v) is 3.93. The number of halogens is 6. The molecule has 0 amide bonds. The van der Waals surface area contributed by atoms with Crippen LogP contribution < -0.4 is 0 Å². The van der Waals surface area contributed by atoms with Gasteiger partial charge in [0, 0.05) is 11.6 Å². The first-order valence-electron chi connectivity index (χ1n) is 9.94. The molecule has 0 bridgehead atoms. The normalized spacial score (nSPS) is 11.9. The number of aromatic hydroxyl groups is 1. The van der Waals surface area contributed by atoms with Crippen LogP contribution in [0.15, 0.2) is 54.6 Å². The van der Waals surface area contributed by atoms with Crippen LogP contribution >= 0.6 is 0 Å². The minimum Gasteiger partial charge on any atom is -0.508 e. The molecule has 0 fully saturated rings. The summed E-state index contributed by atoms with van der Waals surface area (Å²) in [5, 5.41) is 9.96. The Hall–Kier alpha value is -3.49. The zero-order valence-corrected chi connectivity index (χ0v) is 17.1. The van der Waals surface area contributed by atoms with E-state index in [1.807, 2.05) is 0 Å². The zero-order chi connectivity index (χ0) is 23.8. The Balaban J connectivity index is 1.97. The Morgan fingerprint density at radius 3 is 2.09 bits per heavy atom. The van der Waals surface area contributed by atoms with Crippen LogP contribution in [-0.4, -0.2) is 14.7 Å². The number of phenolic OH excluding ortho intramolecular Hbond substituents is 1. The molecule has 0 aliphatic carbocycles. The molecule has 9 heteroatoms. The maximum atomic E-state index is 13.6. The topological polar surface area (TPSA) is 38.1 Å². The van der Waals surface area contributed by atoms with Crippen molar-refractivity contribution in [2.75, 3.05) is 0 Å². The fourth-order valence-electron chi connectivity index (χ4n) is 3.93. The van der Waals surface area contributed by atoms with Crippen molar-refractivity contribution in [2.45, 2.75) is 32.7 Å². The Labute approximate surface area is 184 Å². The van der Waals surface area contributed by atoms with Gasteiger partial charge in [-0.15, -0.1) is 0 Å². The van der Waals surface area contributed by atoms with Gasteiger partial charge in [0.05, 0.1) is 23.1 Å². The van der Waals surface area contributed by atoms with Crippen LogP contribution in [0.4, 0.5) is 26.3 Å². The second kappa shape index (κ2) is 8.80. The van der Waals surface area contributed by atoms with E-state index in [0.29, 0.717) is 11.0 Å². The van der Waals surface area contributed by atoms with Crippen molar-refractivity contribution in [3.05, 3.63) is 82.4 Å². The summed E-state index contributed by atoms with van der Waals surface area (Å²) in [6.07, 6.45) is -4.60. The van der Waals surface area contributed by atoms with E-state index < -0.39 is 31.8 Å². The summed E-state index contributed by atoms with van der Waals surface area (Å²) < 4.78 is 82.8. The Morgan fingerprint density at radius 2 is 1.48 bits per heavy atom. The highest BCUT2D eigenvalue weighted by Gasteiger charge is 2.33. The lowest BCUT2D eigenvalue weighted by molar-refractivity contribution is -0.138. The molecule has 0 saturated heterocycles. The van der Waals surface area contributed by atoms with Gasteiger partial charge in [-0.05, 0) is 52.6 Å². The molecular formula is C24H18F6N2O. The maximum Gasteiger partial charge on any atom is 0.416 e. The van der Waals surface area contributed by atoms with Crippen molar-refractivity contribution in [1.82, 2.24) is 9.55 Å². The molecule has 3 nitrogen and oxygen atoms in total. The first-order chi connectivity index (χ1) is 15.8. The van der Waals surface area contributed by atoms with E-state index in [1.165, 1.54) is 53.1 Å². The molecular weight excluding hydrogens is 446 g/mol. The lowest BCUT2D eigenvalue weighted by Crippen LogP contribution is -2.12. The summed E-state index contributed by atoms with van der Waals surface area (Å²) in [5.74, 6) is 0.0170. The number of alkyl halides is 6. The molecule has 0 spiro atoms. The summed E-state index contributed by atoms with van der Waals surface area (Å²) in [7, 11) is 0. The summed E-state index contributed by atoms with van der Waals surface area (Å²) in [6.45, 7) is -3.41. The van der Waals surface area contributed by atoms with E-state index in [9.17, 15) is 31.4 Å². The standard InChI is InChI=1S/C24H18F6N2O/c25-10-16-7-15(8-17(11-26)19(16)12-27)23-31-21-6-5-18(33)9-22(21)32(23)13-14-3-1-2-4-20(14)24(28,29)30/h1-9,33H,10-13H2. The molecule has 0 unspecified atom stereocenters. The second-order valence-corrected chi connectivity index (χ2v) is 7.52. The monoisotopic (exact) mass is 464 g/mol. The number of rotatable bonds is 6. The minimum absolute atomic E-state index is 0.0503. The van der Waals surface area contributed by atoms with E-state index in [2.05, 4.69) is 4.98 Å². The molecule has 4 aromatic rings. The van der Waals surface area contributed by atoms with Gasteiger partial charge in [-0.3, -0.25) is 0 Å². The molecule has 172 valence electrons. The average Bonchev–Trinajstić information content (AvgIpc) is 3.15. The van der Waals surface area contributed by atoms with Gasteiger partial charge in [0.25, 0.3) is 0 Å². The van der Waals surface area contributed by atoms with Crippen LogP contribution in [0.25, 0.3) is 22.4 Å². The number of benzene rings is 3. The third-order valence-electron chi connectivity index (χ3n) is 5.50. The molecule has 3 aromatic carbocycles. The van der Waals surface area contributed by atoms with E-state index in [1.54, 1.807) is 0 Å². The molecule has 1 heterocycles. The first kappa shape index (κ1) is 22.7. The van der Waals surface area contributed by atoms with Crippen molar-refractivity contribution in [1.29, 1.82) is 0 Å². The Morgan fingerprint density at radius 1 is 0.818 bits per heavy atom. The number of imidazole rings is 1. The SMILES string of the molecule is Oc1ccc2nc(-c3cc(CF)c(CF)c(CF)c3)n(Cc3ccccc3C(F)(F)F)c2c1. The number of fused-ring (bicyclic) bond motifs is 1. The van der Waals surface area contributed by atoms with Gasteiger partial charge < -0.3 is 9.67 Å². The predicted octanol–water partition coefficient (Wildman–Crippen LogP) is 6.88. The Kier molecular flexibility index (Phi) is 6.05. The predicted molar refractivity (Wildman–Crippen MR) is 112 cm³/mol. The van der Waals surface area contributed by atoms with Gasteiger partial charge in [0.2, 0.25) is 0 Å². The molecule has 1 aromatic heterocycles. The number of nitrogens with zero attached hydrogens (tertiary/aromatic N) is 2. The molecule has 0 atom stereocenters. The van der Waals surface area contributed by atoms with Gasteiger partial charge in [-0.1, -0.05) is 18.2 Å². The third-order valence-corrected chi connectivity index (χ3v) is 5.50. The molecule has 33 heavy (non-hydrogen) atoms. The van der Waals surface area contributed by atoms with Crippen molar-refractivity contribution >= 4 is 11.0 Å². The van der Waals surface area contributed by atoms with Gasteiger partial charge >= 0.3 is 6.18 Å². The number of hydrogen-bond donors (Lipinski definition) is 1. The first-order valence-corrected chi connectivity index (χ1v) is 9.94. The van der Waals surface area contributed by atoms with Crippen LogP contribution in [-0.2, 0) is 32.7 Å². The van der Waals surface area contributed by atoms with Crippen molar-refractivity contribution in [2.24, 2.45) is 0 Å². The lowest BCUT2D eigenvalue weighted by atomic mass is 9.99. The van der Waals surface area contributed by atoms with E-state index in [4.69, 9.17) is 0 Å². The van der Waals surface area contributed by atoms with E-state index in [0.717, 1.165) is 6.07 Å². The summed E-state index contributed by atoms with van der Waals surface area (Å²) in [6, 6.07) is 11.9. The highest BCUT2D eigenvalue weighted by atomic mass is 19.4. The van der Waals surface area contributed by atoms with Crippen LogP contribution in [0, 0.1) is 0 Å². The molecule has 0 radical (unpaired) electrons. The summed E-state index contributed by atoms with van der Waals surface area (Å²) in [5.41, 5.74) is -0.158. The molecule has 0 aliphatic heterocycles. The van der Waals surface area contributed by atoms with Crippen molar-refractivity contribution in [3.63, 3.8) is 0 Å². The van der Waals surface area contributed by atoms with Gasteiger partial charge in [-0.25, -0.2) is 18.2 Å². The lowest BCUT2D eigenvalue weighted by Gasteiger charge is -2.16. The molecule has 1 N–H and O–H groups in total. The maximum absolute atomic E-state index is 13.6. The summed E-state index contributed by atoms with van der Waals surface area (Å²) >= 11 is 0. The third kappa shape index (κ3) is 4.27. The summed E-state index contributed by atoms with van der Waals surface area (Å²) in [4.78, 5) is 4.45. The van der Waals surface area contributed by atoms with Crippen molar-refractivity contribution in [3.8, 4) is 17.1 Å². The van der Waals surface area contributed by atoms with E-state index >= 15 is 0 Å².